The summed E-state index contributed by atoms with van der Waals surface area (Å²) < 4.78 is 0. The summed E-state index contributed by atoms with van der Waals surface area (Å²) in [6.07, 6.45) is 9.55. The van der Waals surface area contributed by atoms with Crippen molar-refractivity contribution in [2.45, 2.75) is 83.7 Å². The van der Waals surface area contributed by atoms with Crippen molar-refractivity contribution >= 4 is 5.91 Å². The average Bonchev–Trinajstić information content (AvgIpc) is 3.66. The highest BCUT2D eigenvalue weighted by molar-refractivity contribution is 5.91. The first-order valence-corrected chi connectivity index (χ1v) is 14.0. The molecule has 2 N–H and O–H groups in total. The van der Waals surface area contributed by atoms with E-state index in [0.717, 1.165) is 38.1 Å². The van der Waals surface area contributed by atoms with Gasteiger partial charge in [-0.15, -0.1) is 0 Å². The van der Waals surface area contributed by atoms with Gasteiger partial charge in [0, 0.05) is 43.5 Å². The second-order valence-electron chi connectivity index (χ2n) is 12.0. The number of aryl methyl sites for hydroxylation is 1. The Bertz CT molecular complexity index is 1220. The summed E-state index contributed by atoms with van der Waals surface area (Å²) in [7, 11) is 1.80. The van der Waals surface area contributed by atoms with Crippen LogP contribution in [0, 0.1) is 17.3 Å². The van der Waals surface area contributed by atoms with Gasteiger partial charge < -0.3 is 15.0 Å². The molecule has 1 aromatic heterocycles. The summed E-state index contributed by atoms with van der Waals surface area (Å²) in [6, 6.07) is 6.19. The summed E-state index contributed by atoms with van der Waals surface area (Å²) >= 11 is 0. The molecule has 200 valence electrons. The van der Waals surface area contributed by atoms with Crippen LogP contribution in [0.2, 0.25) is 0 Å². The molecular weight excluding hydrogens is 464 g/mol. The molecule has 3 aliphatic rings. The number of nitrogens with one attached hydrogen (secondary N) is 1. The zero-order valence-corrected chi connectivity index (χ0v) is 23.0. The van der Waals surface area contributed by atoms with Crippen LogP contribution in [-0.2, 0) is 11.8 Å². The third kappa shape index (κ3) is 4.10. The highest BCUT2D eigenvalue weighted by Gasteiger charge is 2.65. The minimum absolute atomic E-state index is 0.0108. The highest BCUT2D eigenvalue weighted by atomic mass is 16.3. The lowest BCUT2D eigenvalue weighted by atomic mass is 9.51. The molecular formula is C30H42N4O3. The van der Waals surface area contributed by atoms with Gasteiger partial charge in [-0.3, -0.25) is 14.5 Å². The number of phenolic OH excluding ortho intramolecular Hbond substituents is 1. The third-order valence-corrected chi connectivity index (χ3v) is 10.5. The number of phenols is 1. The van der Waals surface area contributed by atoms with E-state index in [9.17, 15) is 14.7 Å². The molecule has 37 heavy (non-hydrogen) atoms. The van der Waals surface area contributed by atoms with Crippen LogP contribution in [0.25, 0.3) is 0 Å². The number of rotatable bonds is 7. The fraction of sp³-hybridized carbons (Fsp3) is 0.633. The molecule has 1 saturated heterocycles. The number of benzene rings is 1. The lowest BCUT2D eigenvalue weighted by Crippen LogP contribution is -2.63. The van der Waals surface area contributed by atoms with Gasteiger partial charge in [-0.1, -0.05) is 19.9 Å². The van der Waals surface area contributed by atoms with Gasteiger partial charge in [0.25, 0.3) is 11.5 Å². The van der Waals surface area contributed by atoms with Gasteiger partial charge in [0.2, 0.25) is 0 Å². The summed E-state index contributed by atoms with van der Waals surface area (Å²) in [5, 5.41) is 10.7. The molecule has 2 heterocycles. The first-order chi connectivity index (χ1) is 17.6. The van der Waals surface area contributed by atoms with Crippen LogP contribution in [-0.4, -0.2) is 63.0 Å². The Morgan fingerprint density at radius 1 is 1.30 bits per heavy atom. The topological polar surface area (TPSA) is 89.5 Å². The van der Waals surface area contributed by atoms with Crippen LogP contribution < -0.4 is 5.56 Å². The van der Waals surface area contributed by atoms with E-state index >= 15 is 0 Å². The molecule has 7 nitrogen and oxygen atoms in total. The minimum atomic E-state index is -0.458. The second-order valence-corrected chi connectivity index (χ2v) is 12.0. The van der Waals surface area contributed by atoms with Crippen molar-refractivity contribution in [3.05, 3.63) is 57.8 Å². The van der Waals surface area contributed by atoms with Crippen molar-refractivity contribution in [3.63, 3.8) is 0 Å². The van der Waals surface area contributed by atoms with Crippen LogP contribution in [0.4, 0.5) is 0 Å². The van der Waals surface area contributed by atoms with Crippen LogP contribution in [0.1, 0.15) is 81.4 Å². The maximum absolute atomic E-state index is 13.5. The van der Waals surface area contributed by atoms with Crippen LogP contribution in [0.3, 0.4) is 0 Å². The van der Waals surface area contributed by atoms with E-state index in [4.69, 9.17) is 0 Å². The number of carbonyl (C=O) groups excluding carboxylic acids is 1. The van der Waals surface area contributed by atoms with Crippen molar-refractivity contribution in [2.75, 3.05) is 20.1 Å². The van der Waals surface area contributed by atoms with E-state index < -0.39 is 5.56 Å². The monoisotopic (exact) mass is 506 g/mol. The number of aromatic amines is 1. The fourth-order valence-electron chi connectivity index (χ4n) is 7.91. The maximum Gasteiger partial charge on any atom is 0.279 e. The first-order valence-electron chi connectivity index (χ1n) is 14.0. The van der Waals surface area contributed by atoms with Gasteiger partial charge in [-0.05, 0) is 99.4 Å². The molecule has 2 aliphatic carbocycles. The standard InChI is InChI=1S/C30H42N4O3/c1-6-22-9-10-23(35)17-25(22)30-13-16-34(18-21-7-8-21)20(3)29(30,4)12-11-24(30)19(2)33(5)28(37)26-27(36)32-15-14-31-26/h9-10,14-15,17,19-21,24,35H,6-8,11-13,16,18H2,1-5H3,(H,32,36). The molecule has 5 rings (SSSR count). The van der Waals surface area contributed by atoms with Crippen molar-refractivity contribution < 1.29 is 9.90 Å². The molecule has 0 spiro atoms. The SMILES string of the molecule is CCc1ccc(O)cc1C12CCN(CC3CC3)C(C)C1(C)CCC2C(C)N(C)C(=O)c1ncc[nH]c1=O. The van der Waals surface area contributed by atoms with E-state index in [2.05, 4.69) is 48.6 Å². The average molecular weight is 507 g/mol. The van der Waals surface area contributed by atoms with Gasteiger partial charge in [0.05, 0.1) is 0 Å². The molecule has 2 saturated carbocycles. The van der Waals surface area contributed by atoms with Crippen LogP contribution >= 0.6 is 0 Å². The lowest BCUT2D eigenvalue weighted by Gasteiger charge is -2.59. The number of fused-ring (bicyclic) bond motifs is 1. The molecule has 2 aromatic rings. The number of piperidine rings is 1. The zero-order valence-electron chi connectivity index (χ0n) is 23.0. The molecule has 5 unspecified atom stereocenters. The Morgan fingerprint density at radius 2 is 2.05 bits per heavy atom. The van der Waals surface area contributed by atoms with Gasteiger partial charge in [0.15, 0.2) is 5.69 Å². The number of aromatic hydroxyl groups is 1. The Kier molecular flexibility index (Phi) is 6.71. The summed E-state index contributed by atoms with van der Waals surface area (Å²) in [5.74, 6) is 0.984. The smallest absolute Gasteiger partial charge is 0.279 e. The normalized spacial score (nSPS) is 30.6. The summed E-state index contributed by atoms with van der Waals surface area (Å²) in [4.78, 5) is 36.9. The fourth-order valence-corrected chi connectivity index (χ4v) is 7.91. The van der Waals surface area contributed by atoms with E-state index in [1.165, 1.54) is 42.9 Å². The molecule has 0 bridgehead atoms. The van der Waals surface area contributed by atoms with Crippen LogP contribution in [0.15, 0.2) is 35.4 Å². The molecule has 1 amide bonds. The van der Waals surface area contributed by atoms with Gasteiger partial charge >= 0.3 is 0 Å². The maximum atomic E-state index is 13.5. The van der Waals surface area contributed by atoms with E-state index in [0.29, 0.717) is 11.8 Å². The van der Waals surface area contributed by atoms with Crippen molar-refractivity contribution in [1.82, 2.24) is 19.8 Å². The Labute approximate surface area is 220 Å². The molecule has 5 atom stereocenters. The zero-order chi connectivity index (χ0) is 26.5. The largest absolute Gasteiger partial charge is 0.508 e. The van der Waals surface area contributed by atoms with Gasteiger partial charge in [-0.25, -0.2) is 4.98 Å². The lowest BCUT2D eigenvalue weighted by molar-refractivity contribution is -0.0455. The highest BCUT2D eigenvalue weighted by Crippen LogP contribution is 2.65. The number of carbonyl (C=O) groups is 1. The van der Waals surface area contributed by atoms with Gasteiger partial charge in [-0.2, -0.15) is 0 Å². The van der Waals surface area contributed by atoms with E-state index in [1.54, 1.807) is 18.0 Å². The quantitative estimate of drug-likeness (QED) is 0.583. The first kappa shape index (κ1) is 26.0. The minimum Gasteiger partial charge on any atom is -0.508 e. The molecule has 7 heteroatoms. The van der Waals surface area contributed by atoms with Crippen LogP contribution in [0.5, 0.6) is 5.75 Å². The Hall–Kier alpha value is -2.67. The number of aromatic nitrogens is 2. The predicted molar refractivity (Wildman–Crippen MR) is 145 cm³/mol. The predicted octanol–water partition coefficient (Wildman–Crippen LogP) is 4.36. The number of nitrogens with zero attached hydrogens (tertiary/aromatic N) is 3. The second kappa shape index (κ2) is 9.57. The van der Waals surface area contributed by atoms with E-state index in [-0.39, 0.29) is 34.4 Å². The number of likely N-dealkylation sites (tertiary alicyclic amines) is 1. The Morgan fingerprint density at radius 3 is 2.73 bits per heavy atom. The number of hydrogen-bond donors (Lipinski definition) is 2. The Balaban J connectivity index is 1.59. The number of amides is 1. The van der Waals surface area contributed by atoms with Crippen molar-refractivity contribution in [2.24, 2.45) is 17.3 Å². The summed E-state index contributed by atoms with van der Waals surface area (Å²) in [5.41, 5.74) is 1.80. The third-order valence-electron chi connectivity index (χ3n) is 10.5. The number of hydrogen-bond acceptors (Lipinski definition) is 5. The van der Waals surface area contributed by atoms with Gasteiger partial charge in [0.1, 0.15) is 5.75 Å². The number of H-pyrrole nitrogens is 1. The van der Waals surface area contributed by atoms with E-state index in [1.807, 2.05) is 6.07 Å². The van der Waals surface area contributed by atoms with Crippen molar-refractivity contribution in [1.29, 1.82) is 0 Å². The molecule has 3 fully saturated rings. The summed E-state index contributed by atoms with van der Waals surface area (Å²) in [6.45, 7) is 11.4. The molecule has 0 radical (unpaired) electrons. The van der Waals surface area contributed by atoms with Crippen molar-refractivity contribution in [3.8, 4) is 5.75 Å². The molecule has 1 aromatic carbocycles. The molecule has 1 aliphatic heterocycles.